The van der Waals surface area contributed by atoms with Crippen LogP contribution in [0.25, 0.3) is 0 Å². The molecule has 1 aromatic carbocycles. The van der Waals surface area contributed by atoms with Crippen LogP contribution in [0.4, 0.5) is 5.69 Å². The van der Waals surface area contributed by atoms with Crippen molar-refractivity contribution in [2.75, 3.05) is 0 Å². The third kappa shape index (κ3) is 1.55. The molecule has 0 atom stereocenters. The predicted molar refractivity (Wildman–Crippen MR) is 53.8 cm³/mol. The van der Waals surface area contributed by atoms with Gasteiger partial charge in [0.1, 0.15) is 11.3 Å². The largest absolute Gasteiger partial charge is 0.508 e. The SMILES string of the molecule is O=C=NC1(c2cc([N+](=O)[O-])ccc2O)CC1. The number of hydrogen-bond acceptors (Lipinski definition) is 5. The van der Waals surface area contributed by atoms with E-state index in [1.54, 1.807) is 0 Å². The number of aliphatic imine (C=N–C) groups is 1. The van der Waals surface area contributed by atoms with E-state index in [9.17, 15) is 20.0 Å². The van der Waals surface area contributed by atoms with Gasteiger partial charge in [-0.1, -0.05) is 0 Å². The number of phenolic OH excluding ortho intramolecular Hbond substituents is 1. The monoisotopic (exact) mass is 220 g/mol. The number of phenols is 1. The molecule has 0 aromatic heterocycles. The quantitative estimate of drug-likeness (QED) is 0.362. The number of rotatable bonds is 3. The van der Waals surface area contributed by atoms with E-state index in [4.69, 9.17) is 0 Å². The van der Waals surface area contributed by atoms with E-state index in [-0.39, 0.29) is 11.4 Å². The minimum Gasteiger partial charge on any atom is -0.508 e. The third-order valence-electron chi connectivity index (χ3n) is 2.68. The molecule has 0 bridgehead atoms. The number of isocyanates is 1. The molecule has 16 heavy (non-hydrogen) atoms. The van der Waals surface area contributed by atoms with Crippen LogP contribution in [0.15, 0.2) is 23.2 Å². The van der Waals surface area contributed by atoms with Gasteiger partial charge < -0.3 is 5.11 Å². The molecular weight excluding hydrogens is 212 g/mol. The molecule has 1 N–H and O–H groups in total. The van der Waals surface area contributed by atoms with Crippen LogP contribution in [0, 0.1) is 10.1 Å². The highest BCUT2D eigenvalue weighted by Gasteiger charge is 2.47. The van der Waals surface area contributed by atoms with Gasteiger partial charge in [0.2, 0.25) is 6.08 Å². The van der Waals surface area contributed by atoms with Gasteiger partial charge >= 0.3 is 0 Å². The second kappa shape index (κ2) is 3.43. The maximum atomic E-state index is 10.6. The van der Waals surface area contributed by atoms with Crippen LogP contribution in [-0.4, -0.2) is 16.1 Å². The zero-order valence-corrected chi connectivity index (χ0v) is 8.21. The molecule has 0 radical (unpaired) electrons. The molecule has 1 aliphatic carbocycles. The van der Waals surface area contributed by atoms with E-state index in [1.807, 2.05) is 0 Å². The number of carbonyl (C=O) groups excluding carboxylic acids is 1. The number of nitrogens with zero attached hydrogens (tertiary/aromatic N) is 2. The highest BCUT2D eigenvalue weighted by molar-refractivity contribution is 5.51. The van der Waals surface area contributed by atoms with E-state index >= 15 is 0 Å². The second-order valence-corrected chi connectivity index (χ2v) is 3.69. The lowest BCUT2D eigenvalue weighted by Gasteiger charge is -2.09. The molecule has 0 saturated heterocycles. The van der Waals surface area contributed by atoms with Crippen LogP contribution in [0.1, 0.15) is 18.4 Å². The minimum absolute atomic E-state index is 0.0814. The topological polar surface area (TPSA) is 92.8 Å². The van der Waals surface area contributed by atoms with Crippen molar-refractivity contribution in [2.45, 2.75) is 18.4 Å². The Hall–Kier alpha value is -2.20. The van der Waals surface area contributed by atoms with Crippen LogP contribution < -0.4 is 0 Å². The van der Waals surface area contributed by atoms with Gasteiger partial charge in [0.15, 0.2) is 0 Å². The summed E-state index contributed by atoms with van der Waals surface area (Å²) in [7, 11) is 0. The van der Waals surface area contributed by atoms with Crippen molar-refractivity contribution < 1.29 is 14.8 Å². The van der Waals surface area contributed by atoms with Crippen molar-refractivity contribution in [3.8, 4) is 5.75 Å². The maximum Gasteiger partial charge on any atom is 0.270 e. The fourth-order valence-corrected chi connectivity index (χ4v) is 1.66. The third-order valence-corrected chi connectivity index (χ3v) is 2.68. The average Bonchev–Trinajstić information content (AvgIpc) is 2.99. The van der Waals surface area contributed by atoms with Crippen molar-refractivity contribution in [1.82, 2.24) is 0 Å². The molecule has 0 amide bonds. The summed E-state index contributed by atoms with van der Waals surface area (Å²) in [6.07, 6.45) is 2.63. The van der Waals surface area contributed by atoms with Gasteiger partial charge in [-0.3, -0.25) is 10.1 Å². The summed E-state index contributed by atoms with van der Waals surface area (Å²) in [6.45, 7) is 0. The fraction of sp³-hybridized carbons (Fsp3) is 0.300. The van der Waals surface area contributed by atoms with Gasteiger partial charge in [-0.05, 0) is 18.9 Å². The van der Waals surface area contributed by atoms with Gasteiger partial charge in [-0.25, -0.2) is 4.79 Å². The smallest absolute Gasteiger partial charge is 0.270 e. The van der Waals surface area contributed by atoms with E-state index in [0.29, 0.717) is 18.4 Å². The Balaban J connectivity index is 2.52. The zero-order chi connectivity index (χ0) is 11.8. The lowest BCUT2D eigenvalue weighted by atomic mass is 10.0. The van der Waals surface area contributed by atoms with Crippen molar-refractivity contribution in [3.63, 3.8) is 0 Å². The van der Waals surface area contributed by atoms with Crippen molar-refractivity contribution in [2.24, 2.45) is 4.99 Å². The molecule has 0 spiro atoms. The van der Waals surface area contributed by atoms with Crippen molar-refractivity contribution in [3.05, 3.63) is 33.9 Å². The first-order valence-electron chi connectivity index (χ1n) is 4.66. The second-order valence-electron chi connectivity index (χ2n) is 3.69. The lowest BCUT2D eigenvalue weighted by molar-refractivity contribution is -0.385. The molecule has 0 unspecified atom stereocenters. The number of nitro benzene ring substituents is 1. The van der Waals surface area contributed by atoms with Gasteiger partial charge in [0.05, 0.1) is 4.92 Å². The van der Waals surface area contributed by atoms with E-state index in [1.165, 1.54) is 24.3 Å². The van der Waals surface area contributed by atoms with Gasteiger partial charge in [-0.2, -0.15) is 4.99 Å². The Morgan fingerprint density at radius 1 is 1.50 bits per heavy atom. The first-order valence-corrected chi connectivity index (χ1v) is 4.66. The van der Waals surface area contributed by atoms with Crippen molar-refractivity contribution in [1.29, 1.82) is 0 Å². The number of nitro groups is 1. The Labute approximate surface area is 90.4 Å². The maximum absolute atomic E-state index is 10.6. The molecule has 0 heterocycles. The lowest BCUT2D eigenvalue weighted by Crippen LogP contribution is -2.03. The molecule has 1 aromatic rings. The standard InChI is InChI=1S/C10H8N2O4/c13-6-11-10(3-4-10)8-5-7(12(15)16)1-2-9(8)14/h1-2,5,14H,3-4H2. The van der Waals surface area contributed by atoms with Crippen LogP contribution in [0.3, 0.4) is 0 Å². The number of non-ortho nitro benzene ring substituents is 1. The fourth-order valence-electron chi connectivity index (χ4n) is 1.66. The summed E-state index contributed by atoms with van der Waals surface area (Å²) in [5.74, 6) is -0.0814. The first-order chi connectivity index (χ1) is 7.59. The minimum atomic E-state index is -0.794. The van der Waals surface area contributed by atoms with E-state index in [2.05, 4.69) is 4.99 Å². The molecule has 82 valence electrons. The Bertz CT molecular complexity index is 502. The van der Waals surface area contributed by atoms with Crippen LogP contribution in [0.2, 0.25) is 0 Å². The molecule has 1 aliphatic rings. The molecule has 1 saturated carbocycles. The molecule has 6 nitrogen and oxygen atoms in total. The number of aromatic hydroxyl groups is 1. The van der Waals surface area contributed by atoms with Crippen LogP contribution in [0.5, 0.6) is 5.75 Å². The molecule has 6 heteroatoms. The Morgan fingerprint density at radius 2 is 2.19 bits per heavy atom. The number of benzene rings is 1. The summed E-state index contributed by atoms with van der Waals surface area (Å²) in [5.41, 5.74) is -0.595. The van der Waals surface area contributed by atoms with Gasteiger partial charge in [-0.15, -0.1) is 0 Å². The van der Waals surface area contributed by atoms with Crippen LogP contribution >= 0.6 is 0 Å². The molecule has 2 rings (SSSR count). The highest BCUT2D eigenvalue weighted by atomic mass is 16.6. The highest BCUT2D eigenvalue weighted by Crippen LogP contribution is 2.52. The zero-order valence-electron chi connectivity index (χ0n) is 8.21. The average molecular weight is 220 g/mol. The van der Waals surface area contributed by atoms with E-state index in [0.717, 1.165) is 0 Å². The summed E-state index contributed by atoms with van der Waals surface area (Å²) in [5, 5.41) is 20.2. The number of hydrogen-bond donors (Lipinski definition) is 1. The Kier molecular flexibility index (Phi) is 2.21. The van der Waals surface area contributed by atoms with Gasteiger partial charge in [0, 0.05) is 17.7 Å². The molecule has 0 aliphatic heterocycles. The summed E-state index contributed by atoms with van der Waals surface area (Å²) in [4.78, 5) is 23.9. The Morgan fingerprint density at radius 3 is 2.69 bits per heavy atom. The van der Waals surface area contributed by atoms with Gasteiger partial charge in [0.25, 0.3) is 5.69 Å². The first kappa shape index (κ1) is 10.3. The molecular formula is C10H8N2O4. The summed E-state index contributed by atoms with van der Waals surface area (Å²) in [6, 6.07) is 3.70. The normalized spacial score (nSPS) is 16.2. The van der Waals surface area contributed by atoms with Crippen LogP contribution in [-0.2, 0) is 10.3 Å². The summed E-state index contributed by atoms with van der Waals surface area (Å²) >= 11 is 0. The van der Waals surface area contributed by atoms with E-state index < -0.39 is 10.5 Å². The molecule has 1 fully saturated rings. The van der Waals surface area contributed by atoms with Crippen molar-refractivity contribution >= 4 is 11.8 Å². The predicted octanol–water partition coefficient (Wildman–Crippen LogP) is 1.63. The summed E-state index contributed by atoms with van der Waals surface area (Å²) < 4.78 is 0.